The van der Waals surface area contributed by atoms with Gasteiger partial charge in [-0.25, -0.2) is 0 Å². The Morgan fingerprint density at radius 3 is 2.57 bits per heavy atom. The zero-order valence-electron chi connectivity index (χ0n) is 11.9. The van der Waals surface area contributed by atoms with E-state index in [1.54, 1.807) is 26.5 Å². The maximum Gasteiger partial charge on any atom is 0.189 e. The van der Waals surface area contributed by atoms with Crippen LogP contribution in [0.25, 0.3) is 6.08 Å². The van der Waals surface area contributed by atoms with Crippen LogP contribution in [0.2, 0.25) is 0 Å². The summed E-state index contributed by atoms with van der Waals surface area (Å²) in [4.78, 5) is 16.7. The predicted octanol–water partition coefficient (Wildman–Crippen LogP) is 2.92. The van der Waals surface area contributed by atoms with Crippen molar-refractivity contribution in [2.75, 3.05) is 14.2 Å². The van der Waals surface area contributed by atoms with E-state index in [4.69, 9.17) is 9.47 Å². The lowest BCUT2D eigenvalue weighted by Crippen LogP contribution is -1.97. The number of carbonyl (C=O) groups is 1. The van der Waals surface area contributed by atoms with Gasteiger partial charge in [-0.2, -0.15) is 0 Å². The summed E-state index contributed by atoms with van der Waals surface area (Å²) >= 11 is 0. The molecule has 1 aromatic carbocycles. The van der Waals surface area contributed by atoms with Crippen molar-refractivity contribution >= 4 is 11.9 Å². The smallest absolute Gasteiger partial charge is 0.189 e. The molecule has 3 rings (SSSR count). The fourth-order valence-corrected chi connectivity index (χ4v) is 2.49. The lowest BCUT2D eigenvalue weighted by Gasteiger charge is -2.08. The number of hydrogen-bond donors (Lipinski definition) is 0. The van der Waals surface area contributed by atoms with Crippen LogP contribution >= 0.6 is 0 Å². The molecule has 2 aromatic rings. The summed E-state index contributed by atoms with van der Waals surface area (Å²) in [5.41, 5.74) is 3.15. The minimum absolute atomic E-state index is 0.0246. The normalized spacial score (nSPS) is 15.1. The van der Waals surface area contributed by atoms with Crippen LogP contribution in [0.15, 0.2) is 42.1 Å². The van der Waals surface area contributed by atoms with E-state index in [-0.39, 0.29) is 5.78 Å². The molecule has 1 aliphatic rings. The van der Waals surface area contributed by atoms with Crippen LogP contribution in [0.3, 0.4) is 0 Å². The molecule has 0 spiro atoms. The van der Waals surface area contributed by atoms with Crippen LogP contribution in [0.5, 0.6) is 11.5 Å². The van der Waals surface area contributed by atoms with Crippen molar-refractivity contribution < 1.29 is 14.3 Å². The Hall–Kier alpha value is -2.62. The van der Waals surface area contributed by atoms with Crippen molar-refractivity contribution in [3.63, 3.8) is 0 Å². The maximum absolute atomic E-state index is 12.5. The summed E-state index contributed by atoms with van der Waals surface area (Å²) in [7, 11) is 3.15. The molecule has 0 amide bonds. The zero-order chi connectivity index (χ0) is 14.8. The van der Waals surface area contributed by atoms with E-state index in [9.17, 15) is 4.79 Å². The average molecular weight is 281 g/mol. The molecule has 0 saturated carbocycles. The quantitative estimate of drug-likeness (QED) is 0.812. The molecule has 1 aliphatic carbocycles. The highest BCUT2D eigenvalue weighted by Crippen LogP contribution is 2.36. The van der Waals surface area contributed by atoms with Gasteiger partial charge in [0.25, 0.3) is 0 Å². The van der Waals surface area contributed by atoms with Crippen molar-refractivity contribution in [1.82, 2.24) is 4.98 Å². The van der Waals surface area contributed by atoms with E-state index in [0.29, 0.717) is 23.5 Å². The Kier molecular flexibility index (Phi) is 3.44. The van der Waals surface area contributed by atoms with Gasteiger partial charge < -0.3 is 9.47 Å². The third-order valence-corrected chi connectivity index (χ3v) is 3.54. The van der Waals surface area contributed by atoms with Gasteiger partial charge in [0.05, 0.1) is 19.9 Å². The minimum atomic E-state index is 0.0246. The van der Waals surface area contributed by atoms with Gasteiger partial charge >= 0.3 is 0 Å². The number of pyridine rings is 1. The number of fused-ring (bicyclic) bond motifs is 1. The van der Waals surface area contributed by atoms with E-state index in [1.165, 1.54) is 0 Å². The number of allylic oxidation sites excluding steroid dienone is 1. The van der Waals surface area contributed by atoms with Crippen LogP contribution in [-0.2, 0) is 6.42 Å². The van der Waals surface area contributed by atoms with E-state index in [2.05, 4.69) is 4.98 Å². The Morgan fingerprint density at radius 1 is 1.14 bits per heavy atom. The van der Waals surface area contributed by atoms with Crippen molar-refractivity contribution in [3.05, 3.63) is 58.9 Å². The van der Waals surface area contributed by atoms with Crippen molar-refractivity contribution in [1.29, 1.82) is 0 Å². The summed E-state index contributed by atoms with van der Waals surface area (Å²) < 4.78 is 10.5. The lowest BCUT2D eigenvalue weighted by molar-refractivity contribution is 0.104. The van der Waals surface area contributed by atoms with Gasteiger partial charge in [0.1, 0.15) is 0 Å². The van der Waals surface area contributed by atoms with E-state index in [1.807, 2.05) is 30.3 Å². The Balaban J connectivity index is 2.01. The first-order valence-corrected chi connectivity index (χ1v) is 6.64. The molecule has 1 heterocycles. The number of methoxy groups -OCH3 is 2. The molecule has 1 aromatic heterocycles. The summed E-state index contributed by atoms with van der Waals surface area (Å²) in [5, 5.41) is 0. The fraction of sp³-hybridized carbons (Fsp3) is 0.176. The van der Waals surface area contributed by atoms with E-state index in [0.717, 1.165) is 16.8 Å². The Labute approximate surface area is 123 Å². The van der Waals surface area contributed by atoms with Crippen LogP contribution < -0.4 is 9.47 Å². The summed E-state index contributed by atoms with van der Waals surface area (Å²) in [6.07, 6.45) is 4.14. The molecule has 0 unspecified atom stereocenters. The summed E-state index contributed by atoms with van der Waals surface area (Å²) in [6, 6.07) is 9.24. The van der Waals surface area contributed by atoms with E-state index >= 15 is 0 Å². The number of hydrogen-bond acceptors (Lipinski definition) is 4. The molecule has 0 atom stereocenters. The monoisotopic (exact) mass is 281 g/mol. The standard InChI is InChI=1S/C17H15NO3/c1-20-15-9-11-7-12(8-13-5-3-4-6-18-13)17(19)14(11)10-16(15)21-2/h3-6,8-10H,7H2,1-2H3. The third-order valence-electron chi connectivity index (χ3n) is 3.54. The zero-order valence-corrected chi connectivity index (χ0v) is 11.9. The van der Waals surface area contributed by atoms with Gasteiger partial charge in [0.15, 0.2) is 17.3 Å². The average Bonchev–Trinajstić information content (AvgIpc) is 2.82. The minimum Gasteiger partial charge on any atom is -0.493 e. The first-order valence-electron chi connectivity index (χ1n) is 6.64. The van der Waals surface area contributed by atoms with Gasteiger partial charge in [-0.3, -0.25) is 9.78 Å². The predicted molar refractivity (Wildman–Crippen MR) is 79.8 cm³/mol. The molecule has 21 heavy (non-hydrogen) atoms. The van der Waals surface area contributed by atoms with Crippen molar-refractivity contribution in [3.8, 4) is 11.5 Å². The van der Waals surface area contributed by atoms with Gasteiger partial charge in [-0.15, -0.1) is 0 Å². The van der Waals surface area contributed by atoms with Gasteiger partial charge in [-0.1, -0.05) is 6.07 Å². The van der Waals surface area contributed by atoms with Gasteiger partial charge in [0, 0.05) is 23.8 Å². The van der Waals surface area contributed by atoms with Crippen LogP contribution in [0.1, 0.15) is 21.6 Å². The second kappa shape index (κ2) is 5.40. The number of aromatic nitrogens is 1. The number of rotatable bonds is 3. The Bertz CT molecular complexity index is 720. The van der Waals surface area contributed by atoms with Gasteiger partial charge in [0.2, 0.25) is 0 Å². The molecule has 0 saturated heterocycles. The number of ketones is 1. The number of Topliss-reactive ketones (excluding diaryl/α,β-unsaturated/α-hetero) is 1. The fourth-order valence-electron chi connectivity index (χ4n) is 2.49. The van der Waals surface area contributed by atoms with Crippen molar-refractivity contribution in [2.45, 2.75) is 6.42 Å². The first kappa shape index (κ1) is 13.4. The molecular formula is C17H15NO3. The van der Waals surface area contributed by atoms with E-state index < -0.39 is 0 Å². The maximum atomic E-state index is 12.5. The first-order chi connectivity index (χ1) is 10.2. The number of carbonyl (C=O) groups excluding carboxylic acids is 1. The highest BCUT2D eigenvalue weighted by molar-refractivity contribution is 6.15. The molecule has 106 valence electrons. The summed E-state index contributed by atoms with van der Waals surface area (Å²) in [5.74, 6) is 1.24. The third kappa shape index (κ3) is 2.40. The molecule has 4 nitrogen and oxygen atoms in total. The molecule has 0 aliphatic heterocycles. The summed E-state index contributed by atoms with van der Waals surface area (Å²) in [6.45, 7) is 0. The number of nitrogens with zero attached hydrogens (tertiary/aromatic N) is 1. The second-order valence-electron chi connectivity index (χ2n) is 4.79. The van der Waals surface area contributed by atoms with Crippen LogP contribution in [0, 0.1) is 0 Å². The molecule has 0 fully saturated rings. The van der Waals surface area contributed by atoms with Crippen LogP contribution in [-0.4, -0.2) is 25.0 Å². The SMILES string of the molecule is COc1cc2c(cc1OC)C(=O)C(=Cc1ccccn1)C2. The topological polar surface area (TPSA) is 48.4 Å². The molecular weight excluding hydrogens is 266 g/mol. The molecule has 0 bridgehead atoms. The highest BCUT2D eigenvalue weighted by Gasteiger charge is 2.27. The van der Waals surface area contributed by atoms with Crippen molar-refractivity contribution in [2.24, 2.45) is 0 Å². The number of benzene rings is 1. The lowest BCUT2D eigenvalue weighted by atomic mass is 10.1. The molecule has 0 radical (unpaired) electrons. The number of ether oxygens (including phenoxy) is 2. The van der Waals surface area contributed by atoms with Gasteiger partial charge in [-0.05, 0) is 35.9 Å². The largest absolute Gasteiger partial charge is 0.493 e. The van der Waals surface area contributed by atoms with Crippen LogP contribution in [0.4, 0.5) is 0 Å². The Morgan fingerprint density at radius 2 is 1.90 bits per heavy atom. The second-order valence-corrected chi connectivity index (χ2v) is 4.79. The highest BCUT2D eigenvalue weighted by atomic mass is 16.5. The molecule has 4 heteroatoms. The molecule has 0 N–H and O–H groups in total.